The lowest BCUT2D eigenvalue weighted by Crippen LogP contribution is -2.13. The number of carbonyl (C=O) groups is 1. The van der Waals surface area contributed by atoms with Crippen LogP contribution < -0.4 is 10.2 Å². The van der Waals surface area contributed by atoms with Crippen molar-refractivity contribution in [2.45, 2.75) is 0 Å². The van der Waals surface area contributed by atoms with Gasteiger partial charge < -0.3 is 15.3 Å². The molecular formula is C22H19N3O2S. The smallest absolute Gasteiger partial charge is 0.255 e. The summed E-state index contributed by atoms with van der Waals surface area (Å²) in [6.45, 7) is 0. The lowest BCUT2D eigenvalue weighted by atomic mass is 10.1. The second-order valence-corrected chi connectivity index (χ2v) is 7.64. The molecule has 5 nitrogen and oxygen atoms in total. The highest BCUT2D eigenvalue weighted by atomic mass is 32.1. The Bertz CT molecular complexity index is 1120. The van der Waals surface area contributed by atoms with Gasteiger partial charge in [0.2, 0.25) is 0 Å². The van der Waals surface area contributed by atoms with E-state index in [0.717, 1.165) is 15.9 Å². The van der Waals surface area contributed by atoms with Crippen LogP contribution in [0.25, 0.3) is 20.8 Å². The number of fused-ring (bicyclic) bond motifs is 1. The first-order valence-electron chi connectivity index (χ1n) is 8.79. The average Bonchev–Trinajstić information content (AvgIpc) is 3.13. The Balaban J connectivity index is 1.60. The summed E-state index contributed by atoms with van der Waals surface area (Å²) in [7, 11) is 3.91. The number of thiazole rings is 1. The number of carbonyl (C=O) groups excluding carboxylic acids is 1. The predicted octanol–water partition coefficient (Wildman–Crippen LogP) is 4.99. The summed E-state index contributed by atoms with van der Waals surface area (Å²) < 4.78 is 1.05. The number of para-hydroxylation sites is 1. The summed E-state index contributed by atoms with van der Waals surface area (Å²) in [5.74, 6) is -0.0707. The molecule has 3 aromatic carbocycles. The minimum Gasteiger partial charge on any atom is -0.507 e. The highest BCUT2D eigenvalue weighted by Gasteiger charge is 2.13. The monoisotopic (exact) mass is 389 g/mol. The Labute approximate surface area is 166 Å². The van der Waals surface area contributed by atoms with E-state index in [1.165, 1.54) is 11.3 Å². The number of hydrogen-bond donors (Lipinski definition) is 2. The standard InChI is InChI=1S/C22H19N3O2S/c1-25(2)16-10-7-14(8-11-16)21(27)23-15-9-12-19(26)17(13-15)22-24-18-5-3-4-6-20(18)28-22/h3-13,26H,1-2H3,(H,23,27). The number of hydrogen-bond acceptors (Lipinski definition) is 5. The van der Waals surface area contributed by atoms with Crippen molar-refractivity contribution in [3.05, 3.63) is 72.3 Å². The molecule has 0 unspecified atom stereocenters. The number of aromatic nitrogens is 1. The summed E-state index contributed by atoms with van der Waals surface area (Å²) in [6, 6.07) is 20.2. The van der Waals surface area contributed by atoms with Crippen LogP contribution in [0.3, 0.4) is 0 Å². The first kappa shape index (κ1) is 18.0. The van der Waals surface area contributed by atoms with E-state index < -0.39 is 0 Å². The highest BCUT2D eigenvalue weighted by molar-refractivity contribution is 7.21. The highest BCUT2D eigenvalue weighted by Crippen LogP contribution is 2.36. The molecule has 0 aliphatic carbocycles. The summed E-state index contributed by atoms with van der Waals surface area (Å²) >= 11 is 1.50. The second kappa shape index (κ2) is 7.32. The molecule has 0 aliphatic heterocycles. The fraction of sp³-hybridized carbons (Fsp3) is 0.0909. The summed E-state index contributed by atoms with van der Waals surface area (Å²) in [6.07, 6.45) is 0. The van der Waals surface area contributed by atoms with Crippen LogP contribution in [0.5, 0.6) is 5.75 Å². The van der Waals surface area contributed by atoms with Crippen molar-refractivity contribution < 1.29 is 9.90 Å². The summed E-state index contributed by atoms with van der Waals surface area (Å²) in [4.78, 5) is 19.1. The van der Waals surface area contributed by atoms with E-state index in [1.807, 2.05) is 55.4 Å². The van der Waals surface area contributed by atoms with Gasteiger partial charge in [-0.3, -0.25) is 4.79 Å². The van der Waals surface area contributed by atoms with E-state index in [2.05, 4.69) is 10.3 Å². The Morgan fingerprint density at radius 1 is 1.04 bits per heavy atom. The van der Waals surface area contributed by atoms with Gasteiger partial charge in [0.25, 0.3) is 5.91 Å². The molecule has 0 atom stereocenters. The Morgan fingerprint density at radius 3 is 2.50 bits per heavy atom. The van der Waals surface area contributed by atoms with E-state index in [-0.39, 0.29) is 11.7 Å². The molecule has 4 rings (SSSR count). The fourth-order valence-electron chi connectivity index (χ4n) is 2.89. The van der Waals surface area contributed by atoms with Crippen molar-refractivity contribution in [2.24, 2.45) is 0 Å². The minimum absolute atomic E-state index is 0.132. The fourth-order valence-corrected chi connectivity index (χ4v) is 3.88. The molecule has 4 aromatic rings. The molecule has 0 radical (unpaired) electrons. The first-order chi connectivity index (χ1) is 13.5. The number of aromatic hydroxyl groups is 1. The van der Waals surface area contributed by atoms with Gasteiger partial charge in [0, 0.05) is 31.0 Å². The number of phenolic OH excluding ortho intramolecular Hbond substituents is 1. The molecule has 0 spiro atoms. The van der Waals surface area contributed by atoms with E-state index in [0.29, 0.717) is 21.8 Å². The van der Waals surface area contributed by atoms with Gasteiger partial charge in [-0.25, -0.2) is 4.98 Å². The van der Waals surface area contributed by atoms with Crippen molar-refractivity contribution in [2.75, 3.05) is 24.3 Å². The van der Waals surface area contributed by atoms with Crippen LogP contribution in [0.2, 0.25) is 0 Å². The quantitative estimate of drug-likeness (QED) is 0.483. The van der Waals surface area contributed by atoms with Gasteiger partial charge in [0.15, 0.2) is 0 Å². The zero-order valence-electron chi connectivity index (χ0n) is 15.5. The molecule has 0 saturated heterocycles. The Morgan fingerprint density at radius 2 is 1.79 bits per heavy atom. The van der Waals surface area contributed by atoms with Gasteiger partial charge in [0.1, 0.15) is 10.8 Å². The van der Waals surface area contributed by atoms with Crippen LogP contribution in [-0.4, -0.2) is 30.1 Å². The predicted molar refractivity (Wildman–Crippen MR) is 115 cm³/mol. The van der Waals surface area contributed by atoms with Crippen LogP contribution in [0.1, 0.15) is 10.4 Å². The van der Waals surface area contributed by atoms with Crippen molar-refractivity contribution >= 4 is 38.8 Å². The normalized spacial score (nSPS) is 10.8. The van der Waals surface area contributed by atoms with E-state index >= 15 is 0 Å². The van der Waals surface area contributed by atoms with E-state index in [9.17, 15) is 9.90 Å². The van der Waals surface area contributed by atoms with Gasteiger partial charge in [-0.2, -0.15) is 0 Å². The summed E-state index contributed by atoms with van der Waals surface area (Å²) in [5, 5.41) is 13.9. The largest absolute Gasteiger partial charge is 0.507 e. The zero-order valence-corrected chi connectivity index (χ0v) is 16.3. The van der Waals surface area contributed by atoms with Crippen LogP contribution in [-0.2, 0) is 0 Å². The van der Waals surface area contributed by atoms with Gasteiger partial charge >= 0.3 is 0 Å². The van der Waals surface area contributed by atoms with Crippen LogP contribution in [0.4, 0.5) is 11.4 Å². The number of anilines is 2. The molecule has 1 heterocycles. The lowest BCUT2D eigenvalue weighted by Gasteiger charge is -2.13. The third kappa shape index (κ3) is 3.54. The van der Waals surface area contributed by atoms with Crippen molar-refractivity contribution in [1.82, 2.24) is 4.98 Å². The van der Waals surface area contributed by atoms with Crippen LogP contribution >= 0.6 is 11.3 Å². The van der Waals surface area contributed by atoms with E-state index in [1.54, 1.807) is 30.3 Å². The third-order valence-corrected chi connectivity index (χ3v) is 5.49. The van der Waals surface area contributed by atoms with Gasteiger partial charge in [-0.05, 0) is 54.6 Å². The molecule has 0 saturated carbocycles. The maximum Gasteiger partial charge on any atom is 0.255 e. The molecule has 1 aromatic heterocycles. The van der Waals surface area contributed by atoms with Crippen LogP contribution in [0.15, 0.2) is 66.7 Å². The number of rotatable bonds is 4. The molecule has 0 fully saturated rings. The Kier molecular flexibility index (Phi) is 4.71. The van der Waals surface area contributed by atoms with Crippen molar-refractivity contribution in [3.63, 3.8) is 0 Å². The topological polar surface area (TPSA) is 65.5 Å². The molecule has 0 bridgehead atoms. The average molecular weight is 389 g/mol. The second-order valence-electron chi connectivity index (χ2n) is 6.61. The van der Waals surface area contributed by atoms with Crippen LogP contribution in [0, 0.1) is 0 Å². The van der Waals surface area contributed by atoms with E-state index in [4.69, 9.17) is 0 Å². The molecule has 140 valence electrons. The van der Waals surface area contributed by atoms with Gasteiger partial charge in [-0.1, -0.05) is 12.1 Å². The first-order valence-corrected chi connectivity index (χ1v) is 9.60. The SMILES string of the molecule is CN(C)c1ccc(C(=O)Nc2ccc(O)c(-c3nc4ccccc4s3)c2)cc1. The molecule has 2 N–H and O–H groups in total. The Hall–Kier alpha value is -3.38. The molecule has 6 heteroatoms. The minimum atomic E-state index is -0.203. The maximum absolute atomic E-state index is 12.6. The third-order valence-electron chi connectivity index (χ3n) is 4.42. The molecule has 28 heavy (non-hydrogen) atoms. The molecule has 0 aliphatic rings. The number of phenols is 1. The molecule has 1 amide bonds. The van der Waals surface area contributed by atoms with Gasteiger partial charge in [0.05, 0.1) is 15.8 Å². The summed E-state index contributed by atoms with van der Waals surface area (Å²) in [5.41, 5.74) is 3.69. The molecular weight excluding hydrogens is 370 g/mol. The number of amides is 1. The number of nitrogens with zero attached hydrogens (tertiary/aromatic N) is 2. The van der Waals surface area contributed by atoms with Crippen molar-refractivity contribution in [1.29, 1.82) is 0 Å². The van der Waals surface area contributed by atoms with Crippen molar-refractivity contribution in [3.8, 4) is 16.3 Å². The lowest BCUT2D eigenvalue weighted by molar-refractivity contribution is 0.102. The maximum atomic E-state index is 12.6. The van der Waals surface area contributed by atoms with Gasteiger partial charge in [-0.15, -0.1) is 11.3 Å². The number of nitrogens with one attached hydrogen (secondary N) is 1. The number of benzene rings is 3. The zero-order chi connectivity index (χ0) is 19.7.